The Labute approximate surface area is 105 Å². The van der Waals surface area contributed by atoms with E-state index in [9.17, 15) is 15.0 Å². The number of aromatic hydroxyl groups is 1. The number of nitrogens with zero attached hydrogens (tertiary/aromatic N) is 1. The topological polar surface area (TPSA) is 94.3 Å². The first-order valence-corrected chi connectivity index (χ1v) is 5.97. The molecule has 18 heavy (non-hydrogen) atoms. The van der Waals surface area contributed by atoms with E-state index in [1.54, 1.807) is 13.8 Å². The molecule has 0 radical (unpaired) electrons. The highest BCUT2D eigenvalue weighted by atomic mass is 16.4. The van der Waals surface area contributed by atoms with Crippen molar-refractivity contribution >= 4 is 11.7 Å². The van der Waals surface area contributed by atoms with Crippen LogP contribution in [0.2, 0.25) is 0 Å². The lowest BCUT2D eigenvalue weighted by molar-refractivity contribution is 0.0695. The molecule has 1 saturated carbocycles. The standard InChI is InChI=1S/C13H16N2O3/c1-6(2)11(14)10-8(13(17)18)5-9(7-3-4-7)15-12(10)16/h5-7,14H,3-4H2,1-2H3,(H,15,16)(H,17,18). The highest BCUT2D eigenvalue weighted by molar-refractivity contribution is 6.09. The first-order chi connectivity index (χ1) is 8.41. The Kier molecular flexibility index (Phi) is 3.07. The number of carboxylic acids is 1. The van der Waals surface area contributed by atoms with Gasteiger partial charge in [0.2, 0.25) is 5.88 Å². The van der Waals surface area contributed by atoms with Gasteiger partial charge < -0.3 is 15.6 Å². The monoisotopic (exact) mass is 248 g/mol. The molecule has 1 aromatic rings. The normalized spacial score (nSPS) is 14.8. The van der Waals surface area contributed by atoms with Crippen molar-refractivity contribution in [2.24, 2.45) is 5.92 Å². The summed E-state index contributed by atoms with van der Waals surface area (Å²) >= 11 is 0. The molecule has 1 aliphatic carbocycles. The smallest absolute Gasteiger partial charge is 0.336 e. The maximum Gasteiger partial charge on any atom is 0.336 e. The zero-order valence-electron chi connectivity index (χ0n) is 10.4. The van der Waals surface area contributed by atoms with Crippen LogP contribution in [0.25, 0.3) is 0 Å². The number of nitrogens with one attached hydrogen (secondary N) is 1. The van der Waals surface area contributed by atoms with Crippen LogP contribution in [-0.2, 0) is 0 Å². The van der Waals surface area contributed by atoms with E-state index < -0.39 is 5.97 Å². The van der Waals surface area contributed by atoms with E-state index in [1.807, 2.05) is 0 Å². The fourth-order valence-corrected chi connectivity index (χ4v) is 1.86. The summed E-state index contributed by atoms with van der Waals surface area (Å²) in [5.74, 6) is -1.37. The van der Waals surface area contributed by atoms with Crippen LogP contribution < -0.4 is 0 Å². The minimum atomic E-state index is -1.13. The lowest BCUT2D eigenvalue weighted by Gasteiger charge is -2.13. The van der Waals surface area contributed by atoms with Crippen LogP contribution >= 0.6 is 0 Å². The van der Waals surface area contributed by atoms with E-state index in [1.165, 1.54) is 6.07 Å². The van der Waals surface area contributed by atoms with Gasteiger partial charge in [-0.05, 0) is 24.8 Å². The summed E-state index contributed by atoms with van der Waals surface area (Å²) in [6.45, 7) is 3.56. The van der Waals surface area contributed by atoms with Gasteiger partial charge in [-0.25, -0.2) is 9.78 Å². The Morgan fingerprint density at radius 3 is 2.56 bits per heavy atom. The van der Waals surface area contributed by atoms with Crippen molar-refractivity contribution < 1.29 is 15.0 Å². The molecule has 1 heterocycles. The van der Waals surface area contributed by atoms with E-state index >= 15 is 0 Å². The second-order valence-electron chi connectivity index (χ2n) is 4.94. The Morgan fingerprint density at radius 1 is 1.50 bits per heavy atom. The van der Waals surface area contributed by atoms with Crippen LogP contribution in [0.4, 0.5) is 0 Å². The maximum absolute atomic E-state index is 11.3. The van der Waals surface area contributed by atoms with Crippen LogP contribution in [0, 0.1) is 11.3 Å². The van der Waals surface area contributed by atoms with E-state index in [2.05, 4.69) is 4.98 Å². The molecule has 0 aromatic carbocycles. The van der Waals surface area contributed by atoms with Crippen molar-refractivity contribution in [3.05, 3.63) is 22.9 Å². The summed E-state index contributed by atoms with van der Waals surface area (Å²) in [7, 11) is 0. The molecule has 1 fully saturated rings. The number of hydrogen-bond donors (Lipinski definition) is 3. The summed E-state index contributed by atoms with van der Waals surface area (Å²) < 4.78 is 0. The van der Waals surface area contributed by atoms with Gasteiger partial charge in [0.05, 0.1) is 11.1 Å². The van der Waals surface area contributed by atoms with Crippen LogP contribution in [0.5, 0.6) is 5.88 Å². The molecule has 0 amide bonds. The Bertz CT molecular complexity index is 519. The third-order valence-electron chi connectivity index (χ3n) is 3.09. The molecule has 0 saturated heterocycles. The quantitative estimate of drug-likeness (QED) is 0.713. The van der Waals surface area contributed by atoms with Crippen molar-refractivity contribution in [2.45, 2.75) is 32.6 Å². The maximum atomic E-state index is 11.3. The van der Waals surface area contributed by atoms with Gasteiger partial charge in [0.25, 0.3) is 0 Å². The number of aromatic nitrogens is 1. The number of carbonyl (C=O) groups is 1. The van der Waals surface area contributed by atoms with Crippen LogP contribution in [0.15, 0.2) is 6.07 Å². The SMILES string of the molecule is CC(C)C(=N)c1c(C(=O)O)cc(C2CC2)nc1O. The molecule has 0 aliphatic heterocycles. The van der Waals surface area contributed by atoms with Crippen molar-refractivity contribution in [2.75, 3.05) is 0 Å². The van der Waals surface area contributed by atoms with Gasteiger partial charge in [-0.1, -0.05) is 13.8 Å². The van der Waals surface area contributed by atoms with Gasteiger partial charge in [-0.3, -0.25) is 0 Å². The Balaban J connectivity index is 2.56. The molecular formula is C13H16N2O3. The van der Waals surface area contributed by atoms with Crippen molar-refractivity contribution in [1.82, 2.24) is 4.98 Å². The molecule has 3 N–H and O–H groups in total. The summed E-state index contributed by atoms with van der Waals surface area (Å²) in [6.07, 6.45) is 1.96. The van der Waals surface area contributed by atoms with Gasteiger partial charge in [0, 0.05) is 17.3 Å². The molecule has 96 valence electrons. The number of rotatable bonds is 4. The van der Waals surface area contributed by atoms with E-state index in [-0.39, 0.29) is 34.6 Å². The van der Waals surface area contributed by atoms with Gasteiger partial charge in [0.1, 0.15) is 0 Å². The van der Waals surface area contributed by atoms with Gasteiger partial charge in [-0.2, -0.15) is 0 Å². The van der Waals surface area contributed by atoms with Crippen molar-refractivity contribution in [3.8, 4) is 5.88 Å². The molecule has 0 unspecified atom stereocenters. The molecule has 0 bridgehead atoms. The lowest BCUT2D eigenvalue weighted by Crippen LogP contribution is -2.15. The Morgan fingerprint density at radius 2 is 2.11 bits per heavy atom. The number of hydrogen-bond acceptors (Lipinski definition) is 4. The minimum Gasteiger partial charge on any atom is -0.493 e. The van der Waals surface area contributed by atoms with Gasteiger partial charge in [-0.15, -0.1) is 0 Å². The number of aromatic carboxylic acids is 1. The summed E-state index contributed by atoms with van der Waals surface area (Å²) in [6, 6.07) is 1.49. The highest BCUT2D eigenvalue weighted by Gasteiger charge is 2.29. The average molecular weight is 248 g/mol. The summed E-state index contributed by atoms with van der Waals surface area (Å²) in [4.78, 5) is 15.3. The fraction of sp³-hybridized carbons (Fsp3) is 0.462. The predicted octanol–water partition coefficient (Wildman–Crippen LogP) is 2.39. The summed E-state index contributed by atoms with van der Waals surface area (Å²) in [5, 5.41) is 27.0. The van der Waals surface area contributed by atoms with Crippen LogP contribution in [0.1, 0.15) is 54.2 Å². The second-order valence-corrected chi connectivity index (χ2v) is 4.94. The van der Waals surface area contributed by atoms with Crippen molar-refractivity contribution in [1.29, 1.82) is 5.41 Å². The van der Waals surface area contributed by atoms with Gasteiger partial charge in [0.15, 0.2) is 0 Å². The first kappa shape index (κ1) is 12.5. The molecule has 0 spiro atoms. The number of carboxylic acid groups (broad SMARTS) is 1. The largest absolute Gasteiger partial charge is 0.493 e. The van der Waals surface area contributed by atoms with E-state index in [0.29, 0.717) is 5.69 Å². The number of pyridine rings is 1. The summed E-state index contributed by atoms with van der Waals surface area (Å²) in [5.41, 5.74) is 0.731. The second kappa shape index (κ2) is 4.40. The molecule has 0 atom stereocenters. The predicted molar refractivity (Wildman–Crippen MR) is 66.5 cm³/mol. The zero-order valence-corrected chi connectivity index (χ0v) is 10.4. The average Bonchev–Trinajstić information content (AvgIpc) is 3.10. The zero-order chi connectivity index (χ0) is 13.4. The lowest BCUT2D eigenvalue weighted by atomic mass is 9.95. The third kappa shape index (κ3) is 2.20. The van der Waals surface area contributed by atoms with Gasteiger partial charge >= 0.3 is 5.97 Å². The molecule has 5 nitrogen and oxygen atoms in total. The van der Waals surface area contributed by atoms with E-state index in [0.717, 1.165) is 12.8 Å². The highest BCUT2D eigenvalue weighted by Crippen LogP contribution is 2.40. The fourth-order valence-electron chi connectivity index (χ4n) is 1.86. The van der Waals surface area contributed by atoms with Crippen molar-refractivity contribution in [3.63, 3.8) is 0 Å². The molecule has 1 aromatic heterocycles. The molecular weight excluding hydrogens is 232 g/mol. The van der Waals surface area contributed by atoms with E-state index in [4.69, 9.17) is 5.41 Å². The van der Waals surface area contributed by atoms with Crippen LogP contribution in [0.3, 0.4) is 0 Å². The molecule has 5 heteroatoms. The Hall–Kier alpha value is -1.91. The third-order valence-corrected chi connectivity index (χ3v) is 3.09. The molecule has 2 rings (SSSR count). The van der Waals surface area contributed by atoms with Crippen LogP contribution in [-0.4, -0.2) is 26.9 Å². The minimum absolute atomic E-state index is 0.0249. The molecule has 1 aliphatic rings. The first-order valence-electron chi connectivity index (χ1n) is 5.97.